The van der Waals surface area contributed by atoms with Crippen molar-refractivity contribution in [1.29, 1.82) is 0 Å². The first-order valence-corrected chi connectivity index (χ1v) is 9.66. The maximum atomic E-state index is 12.3. The number of esters is 1. The minimum Gasteiger partial charge on any atom is -0.467 e. The predicted octanol–water partition coefficient (Wildman–Crippen LogP) is 2.85. The SMILES string of the molecule is COC(=O)[C@@H](Cc1cccc(C)c1)NC(=O)CCC(=O)N[C@H](C)c1ccccc1. The molecule has 2 rings (SSSR count). The van der Waals surface area contributed by atoms with Gasteiger partial charge in [-0.1, -0.05) is 60.2 Å². The summed E-state index contributed by atoms with van der Waals surface area (Å²) in [4.78, 5) is 36.5. The molecular formula is C23H28N2O4. The van der Waals surface area contributed by atoms with Crippen molar-refractivity contribution in [3.05, 3.63) is 71.3 Å². The van der Waals surface area contributed by atoms with Crippen LogP contribution in [0.1, 0.15) is 42.5 Å². The molecule has 154 valence electrons. The summed E-state index contributed by atoms with van der Waals surface area (Å²) in [5.41, 5.74) is 2.99. The second-order valence-electron chi connectivity index (χ2n) is 7.04. The van der Waals surface area contributed by atoms with Crippen LogP contribution in [-0.4, -0.2) is 30.9 Å². The van der Waals surface area contributed by atoms with Crippen LogP contribution in [0.25, 0.3) is 0 Å². The summed E-state index contributed by atoms with van der Waals surface area (Å²) < 4.78 is 4.81. The fourth-order valence-corrected chi connectivity index (χ4v) is 3.04. The molecule has 0 radical (unpaired) electrons. The van der Waals surface area contributed by atoms with Gasteiger partial charge in [0.15, 0.2) is 0 Å². The maximum absolute atomic E-state index is 12.3. The third-order valence-electron chi connectivity index (χ3n) is 4.60. The van der Waals surface area contributed by atoms with Crippen molar-refractivity contribution in [1.82, 2.24) is 10.6 Å². The van der Waals surface area contributed by atoms with E-state index in [0.717, 1.165) is 16.7 Å². The lowest BCUT2D eigenvalue weighted by Gasteiger charge is -2.17. The Morgan fingerprint density at radius 1 is 0.931 bits per heavy atom. The number of hydrogen-bond acceptors (Lipinski definition) is 4. The molecule has 0 aliphatic carbocycles. The van der Waals surface area contributed by atoms with Crippen LogP contribution in [0.5, 0.6) is 0 Å². The van der Waals surface area contributed by atoms with Gasteiger partial charge in [-0.25, -0.2) is 4.79 Å². The number of methoxy groups -OCH3 is 1. The van der Waals surface area contributed by atoms with E-state index in [0.29, 0.717) is 6.42 Å². The number of ether oxygens (including phenoxy) is 1. The molecule has 2 amide bonds. The molecule has 2 aromatic carbocycles. The minimum atomic E-state index is -0.791. The molecule has 0 saturated heterocycles. The normalized spacial score (nSPS) is 12.5. The summed E-state index contributed by atoms with van der Waals surface area (Å²) in [7, 11) is 1.29. The second-order valence-corrected chi connectivity index (χ2v) is 7.04. The number of hydrogen-bond donors (Lipinski definition) is 2. The third-order valence-corrected chi connectivity index (χ3v) is 4.60. The van der Waals surface area contributed by atoms with E-state index in [4.69, 9.17) is 4.74 Å². The average Bonchev–Trinajstić information content (AvgIpc) is 2.72. The lowest BCUT2D eigenvalue weighted by molar-refractivity contribution is -0.145. The van der Waals surface area contributed by atoms with Gasteiger partial charge in [-0.05, 0) is 25.0 Å². The van der Waals surface area contributed by atoms with Gasteiger partial charge in [0.2, 0.25) is 11.8 Å². The van der Waals surface area contributed by atoms with Gasteiger partial charge in [0, 0.05) is 19.3 Å². The molecule has 0 aliphatic heterocycles. The first-order valence-electron chi connectivity index (χ1n) is 9.66. The van der Waals surface area contributed by atoms with E-state index >= 15 is 0 Å². The van der Waals surface area contributed by atoms with E-state index in [1.807, 2.05) is 68.4 Å². The standard InChI is InChI=1S/C23H28N2O4/c1-16-8-7-9-18(14-16)15-20(23(28)29-3)25-22(27)13-12-21(26)24-17(2)19-10-5-4-6-11-19/h4-11,14,17,20H,12-13,15H2,1-3H3,(H,24,26)(H,25,27)/t17-,20-/m1/s1. The van der Waals surface area contributed by atoms with Gasteiger partial charge in [0.1, 0.15) is 6.04 Å². The van der Waals surface area contributed by atoms with E-state index < -0.39 is 12.0 Å². The van der Waals surface area contributed by atoms with Crippen molar-refractivity contribution in [3.8, 4) is 0 Å². The molecule has 0 bridgehead atoms. The highest BCUT2D eigenvalue weighted by atomic mass is 16.5. The lowest BCUT2D eigenvalue weighted by Crippen LogP contribution is -2.43. The summed E-state index contributed by atoms with van der Waals surface area (Å²) >= 11 is 0. The summed E-state index contributed by atoms with van der Waals surface area (Å²) in [5.74, 6) is -1.10. The first-order chi connectivity index (χ1) is 13.9. The number of benzene rings is 2. The number of carbonyl (C=O) groups excluding carboxylic acids is 3. The first kappa shape index (κ1) is 22.1. The number of nitrogens with one attached hydrogen (secondary N) is 2. The van der Waals surface area contributed by atoms with Gasteiger partial charge in [0.05, 0.1) is 13.2 Å². The van der Waals surface area contributed by atoms with Gasteiger partial charge in [-0.3, -0.25) is 9.59 Å². The molecule has 2 atom stereocenters. The van der Waals surface area contributed by atoms with Gasteiger partial charge in [0.25, 0.3) is 0 Å². The van der Waals surface area contributed by atoms with Crippen molar-refractivity contribution >= 4 is 17.8 Å². The van der Waals surface area contributed by atoms with Crippen LogP contribution in [-0.2, 0) is 25.5 Å². The van der Waals surface area contributed by atoms with Gasteiger partial charge < -0.3 is 15.4 Å². The fourth-order valence-electron chi connectivity index (χ4n) is 3.04. The van der Waals surface area contributed by atoms with Crippen LogP contribution in [0.4, 0.5) is 0 Å². The highest BCUT2D eigenvalue weighted by molar-refractivity contribution is 5.87. The molecule has 0 aromatic heterocycles. The molecule has 2 aromatic rings. The van der Waals surface area contributed by atoms with Crippen LogP contribution in [0.15, 0.2) is 54.6 Å². The Balaban J connectivity index is 1.86. The molecule has 6 heteroatoms. The number of carbonyl (C=O) groups is 3. The third kappa shape index (κ3) is 7.41. The molecule has 29 heavy (non-hydrogen) atoms. The quantitative estimate of drug-likeness (QED) is 0.639. The van der Waals surface area contributed by atoms with Crippen LogP contribution in [0.2, 0.25) is 0 Å². The van der Waals surface area contributed by atoms with E-state index in [9.17, 15) is 14.4 Å². The Morgan fingerprint density at radius 3 is 2.21 bits per heavy atom. The Labute approximate surface area is 171 Å². The van der Waals surface area contributed by atoms with E-state index in [1.54, 1.807) is 0 Å². The van der Waals surface area contributed by atoms with Crippen LogP contribution in [0, 0.1) is 6.92 Å². The molecule has 2 N–H and O–H groups in total. The zero-order chi connectivity index (χ0) is 21.2. The van der Waals surface area contributed by atoms with Crippen molar-refractivity contribution in [2.24, 2.45) is 0 Å². The summed E-state index contributed by atoms with van der Waals surface area (Å²) in [6, 6.07) is 16.4. The highest BCUT2D eigenvalue weighted by Crippen LogP contribution is 2.12. The van der Waals surface area contributed by atoms with E-state index in [2.05, 4.69) is 10.6 Å². The smallest absolute Gasteiger partial charge is 0.328 e. The molecule has 0 spiro atoms. The fraction of sp³-hybridized carbons (Fsp3) is 0.348. The highest BCUT2D eigenvalue weighted by Gasteiger charge is 2.22. The van der Waals surface area contributed by atoms with Crippen LogP contribution >= 0.6 is 0 Å². The Kier molecular flexibility index (Phi) is 8.40. The van der Waals surface area contributed by atoms with Gasteiger partial charge in [-0.15, -0.1) is 0 Å². The molecule has 0 unspecified atom stereocenters. The Morgan fingerprint density at radius 2 is 1.59 bits per heavy atom. The number of aryl methyl sites for hydroxylation is 1. The maximum Gasteiger partial charge on any atom is 0.328 e. The minimum absolute atomic E-state index is 0.00530. The summed E-state index contributed by atoms with van der Waals surface area (Å²) in [6.45, 7) is 3.85. The monoisotopic (exact) mass is 396 g/mol. The Bertz CT molecular complexity index is 836. The van der Waals surface area contributed by atoms with Crippen molar-refractivity contribution < 1.29 is 19.1 Å². The number of amides is 2. The summed E-state index contributed by atoms with van der Waals surface area (Å²) in [6.07, 6.45) is 0.368. The Hall–Kier alpha value is -3.15. The topological polar surface area (TPSA) is 84.5 Å². The van der Waals surface area contributed by atoms with Crippen molar-refractivity contribution in [3.63, 3.8) is 0 Å². The summed E-state index contributed by atoms with van der Waals surface area (Å²) in [5, 5.41) is 5.56. The molecule has 0 heterocycles. The molecule has 0 fully saturated rings. The molecule has 0 saturated carbocycles. The van der Waals surface area contributed by atoms with Crippen LogP contribution in [0.3, 0.4) is 0 Å². The van der Waals surface area contributed by atoms with Crippen molar-refractivity contribution in [2.75, 3.05) is 7.11 Å². The predicted molar refractivity (Wildman–Crippen MR) is 111 cm³/mol. The van der Waals surface area contributed by atoms with E-state index in [-0.39, 0.29) is 30.7 Å². The van der Waals surface area contributed by atoms with Gasteiger partial charge >= 0.3 is 5.97 Å². The molecule has 0 aliphatic rings. The second kappa shape index (κ2) is 11.0. The molecular weight excluding hydrogens is 368 g/mol. The largest absolute Gasteiger partial charge is 0.467 e. The average molecular weight is 396 g/mol. The number of rotatable bonds is 9. The molecule has 6 nitrogen and oxygen atoms in total. The van der Waals surface area contributed by atoms with Crippen LogP contribution < -0.4 is 10.6 Å². The van der Waals surface area contributed by atoms with Gasteiger partial charge in [-0.2, -0.15) is 0 Å². The lowest BCUT2D eigenvalue weighted by atomic mass is 10.0. The van der Waals surface area contributed by atoms with Crippen molar-refractivity contribution in [2.45, 2.75) is 45.2 Å². The zero-order valence-electron chi connectivity index (χ0n) is 17.1. The zero-order valence-corrected chi connectivity index (χ0v) is 17.1. The van der Waals surface area contributed by atoms with E-state index in [1.165, 1.54) is 7.11 Å².